The van der Waals surface area contributed by atoms with Crippen LogP contribution in [0.25, 0.3) is 5.52 Å². The van der Waals surface area contributed by atoms with E-state index < -0.39 is 0 Å². The smallest absolute Gasteiger partial charge is 0.132 e. The fourth-order valence-corrected chi connectivity index (χ4v) is 3.02. The van der Waals surface area contributed by atoms with Gasteiger partial charge >= 0.3 is 0 Å². The molecule has 1 aliphatic heterocycles. The molecule has 0 aromatic carbocycles. The molecule has 1 aliphatic rings. The third-order valence-corrected chi connectivity index (χ3v) is 4.00. The van der Waals surface area contributed by atoms with Crippen LogP contribution < -0.4 is 5.32 Å². The van der Waals surface area contributed by atoms with Crippen molar-refractivity contribution in [1.82, 2.24) is 14.7 Å². The molecule has 4 heteroatoms. The van der Waals surface area contributed by atoms with E-state index in [9.17, 15) is 0 Å². The number of fused-ring (bicyclic) bond motifs is 1. The maximum Gasteiger partial charge on any atom is 0.132 e. The van der Waals surface area contributed by atoms with Crippen molar-refractivity contribution in [2.24, 2.45) is 0 Å². The number of halogens is 1. The molecule has 1 fully saturated rings. The quantitative estimate of drug-likeness (QED) is 0.922. The van der Waals surface area contributed by atoms with Crippen LogP contribution in [0.4, 0.5) is 0 Å². The number of rotatable bonds is 2. The second kappa shape index (κ2) is 4.42. The van der Waals surface area contributed by atoms with Gasteiger partial charge in [-0.1, -0.05) is 0 Å². The predicted octanol–water partition coefficient (Wildman–Crippen LogP) is 2.70. The lowest BCUT2D eigenvalue weighted by atomic mass is 10.1. The largest absolute Gasteiger partial charge is 0.314 e. The van der Waals surface area contributed by atoms with Crippen molar-refractivity contribution in [1.29, 1.82) is 0 Å². The van der Waals surface area contributed by atoms with Gasteiger partial charge in [-0.25, -0.2) is 4.98 Å². The highest BCUT2D eigenvalue weighted by Gasteiger charge is 2.18. The Morgan fingerprint density at radius 3 is 3.24 bits per heavy atom. The average molecular weight is 294 g/mol. The second-order valence-corrected chi connectivity index (χ2v) is 5.53. The molecule has 2 aromatic rings. The molecule has 17 heavy (non-hydrogen) atoms. The molecule has 1 saturated heterocycles. The minimum absolute atomic E-state index is 0.591. The fraction of sp³-hybridized carbons (Fsp3) is 0.462. The maximum atomic E-state index is 4.63. The number of pyridine rings is 1. The minimum Gasteiger partial charge on any atom is -0.314 e. The zero-order valence-electron chi connectivity index (χ0n) is 9.91. The molecule has 0 spiro atoms. The first kappa shape index (κ1) is 11.2. The molecule has 3 rings (SSSR count). The Labute approximate surface area is 109 Å². The Balaban J connectivity index is 1.98. The zero-order valence-corrected chi connectivity index (χ0v) is 11.5. The first-order chi connectivity index (χ1) is 8.24. The van der Waals surface area contributed by atoms with Crippen LogP contribution in [-0.2, 0) is 6.42 Å². The topological polar surface area (TPSA) is 29.3 Å². The summed E-state index contributed by atoms with van der Waals surface area (Å²) < 4.78 is 3.14. The standard InChI is InChI=1S/C13H16BrN3/c1-9-4-6-17-11(7-9)13(14)16-12(17)8-10-3-2-5-15-10/h4,6-7,10,15H,2-3,5,8H2,1H3. The van der Waals surface area contributed by atoms with Crippen molar-refractivity contribution >= 4 is 21.4 Å². The number of nitrogens with zero attached hydrogens (tertiary/aromatic N) is 2. The molecule has 0 aliphatic carbocycles. The van der Waals surface area contributed by atoms with E-state index in [1.807, 2.05) is 0 Å². The van der Waals surface area contributed by atoms with E-state index in [1.165, 1.54) is 18.4 Å². The summed E-state index contributed by atoms with van der Waals surface area (Å²) in [6.45, 7) is 3.26. The van der Waals surface area contributed by atoms with E-state index in [-0.39, 0.29) is 0 Å². The Bertz CT molecular complexity index is 541. The lowest BCUT2D eigenvalue weighted by Gasteiger charge is -2.08. The normalized spacial score (nSPS) is 20.2. The summed E-state index contributed by atoms with van der Waals surface area (Å²) >= 11 is 3.55. The second-order valence-electron chi connectivity index (χ2n) is 4.78. The Morgan fingerprint density at radius 1 is 1.59 bits per heavy atom. The Morgan fingerprint density at radius 2 is 2.47 bits per heavy atom. The summed E-state index contributed by atoms with van der Waals surface area (Å²) in [5.41, 5.74) is 2.43. The summed E-state index contributed by atoms with van der Waals surface area (Å²) in [5, 5.41) is 3.52. The summed E-state index contributed by atoms with van der Waals surface area (Å²) in [4.78, 5) is 4.63. The van der Waals surface area contributed by atoms with E-state index in [0.717, 1.165) is 28.9 Å². The lowest BCUT2D eigenvalue weighted by Crippen LogP contribution is -2.24. The molecule has 0 amide bonds. The highest BCUT2D eigenvalue weighted by atomic mass is 79.9. The molecule has 0 radical (unpaired) electrons. The van der Waals surface area contributed by atoms with Crippen molar-refractivity contribution < 1.29 is 0 Å². The third kappa shape index (κ3) is 2.11. The number of imidazole rings is 1. The van der Waals surface area contributed by atoms with Gasteiger partial charge in [0.15, 0.2) is 0 Å². The van der Waals surface area contributed by atoms with E-state index in [0.29, 0.717) is 6.04 Å². The monoisotopic (exact) mass is 293 g/mol. The van der Waals surface area contributed by atoms with Gasteiger partial charge in [-0.3, -0.25) is 0 Å². The molecule has 3 heterocycles. The first-order valence-corrected chi connectivity index (χ1v) is 6.90. The molecule has 3 nitrogen and oxygen atoms in total. The highest BCUT2D eigenvalue weighted by Crippen LogP contribution is 2.22. The summed E-state index contributed by atoms with van der Waals surface area (Å²) in [7, 11) is 0. The predicted molar refractivity (Wildman–Crippen MR) is 72.4 cm³/mol. The molecule has 2 aromatic heterocycles. The van der Waals surface area contributed by atoms with Crippen molar-refractivity contribution in [3.63, 3.8) is 0 Å². The van der Waals surface area contributed by atoms with E-state index in [2.05, 4.69) is 55.9 Å². The van der Waals surface area contributed by atoms with E-state index >= 15 is 0 Å². The van der Waals surface area contributed by atoms with Crippen LogP contribution >= 0.6 is 15.9 Å². The fourth-order valence-electron chi connectivity index (χ4n) is 2.51. The third-order valence-electron chi connectivity index (χ3n) is 3.42. The molecule has 0 bridgehead atoms. The van der Waals surface area contributed by atoms with Gasteiger partial charge in [-0.2, -0.15) is 0 Å². The number of hydrogen-bond acceptors (Lipinski definition) is 2. The molecule has 1 unspecified atom stereocenters. The maximum absolute atomic E-state index is 4.63. The van der Waals surface area contributed by atoms with Crippen molar-refractivity contribution in [3.8, 4) is 0 Å². The van der Waals surface area contributed by atoms with Gasteiger partial charge in [0.2, 0.25) is 0 Å². The van der Waals surface area contributed by atoms with E-state index in [4.69, 9.17) is 0 Å². The van der Waals surface area contributed by atoms with E-state index in [1.54, 1.807) is 0 Å². The van der Waals surface area contributed by atoms with Crippen LogP contribution in [0.1, 0.15) is 24.2 Å². The van der Waals surface area contributed by atoms with Gasteiger partial charge in [-0.15, -0.1) is 0 Å². The van der Waals surface area contributed by atoms with Crippen molar-refractivity contribution in [2.45, 2.75) is 32.2 Å². The average Bonchev–Trinajstić information content (AvgIpc) is 2.89. The van der Waals surface area contributed by atoms with Gasteiger partial charge in [0.25, 0.3) is 0 Å². The van der Waals surface area contributed by atoms with Crippen LogP contribution in [0, 0.1) is 6.92 Å². The van der Waals surface area contributed by atoms with Gasteiger partial charge in [0.05, 0.1) is 5.52 Å². The van der Waals surface area contributed by atoms with Crippen LogP contribution in [0.15, 0.2) is 22.9 Å². The summed E-state index contributed by atoms with van der Waals surface area (Å²) in [5.74, 6) is 1.14. The molecule has 90 valence electrons. The minimum atomic E-state index is 0.591. The molecule has 1 N–H and O–H groups in total. The van der Waals surface area contributed by atoms with Gasteiger partial charge in [0, 0.05) is 18.7 Å². The number of hydrogen-bond donors (Lipinski definition) is 1. The Kier molecular flexibility index (Phi) is 2.92. The molecular weight excluding hydrogens is 278 g/mol. The summed E-state index contributed by atoms with van der Waals surface area (Å²) in [6.07, 6.45) is 5.68. The number of aryl methyl sites for hydroxylation is 1. The van der Waals surface area contributed by atoms with Crippen LogP contribution in [0.5, 0.6) is 0 Å². The highest BCUT2D eigenvalue weighted by molar-refractivity contribution is 9.10. The molecule has 1 atom stereocenters. The number of aromatic nitrogens is 2. The van der Waals surface area contributed by atoms with Crippen LogP contribution in [0.3, 0.4) is 0 Å². The SMILES string of the molecule is Cc1ccn2c(CC3CCCN3)nc(Br)c2c1. The first-order valence-electron chi connectivity index (χ1n) is 6.10. The summed E-state index contributed by atoms with van der Waals surface area (Å²) in [6, 6.07) is 4.89. The van der Waals surface area contributed by atoms with Gasteiger partial charge in [-0.05, 0) is 59.9 Å². The molecule has 0 saturated carbocycles. The lowest BCUT2D eigenvalue weighted by molar-refractivity contribution is 0.584. The van der Waals surface area contributed by atoms with Crippen LogP contribution in [0.2, 0.25) is 0 Å². The number of nitrogens with one attached hydrogen (secondary N) is 1. The van der Waals surface area contributed by atoms with Crippen molar-refractivity contribution in [2.75, 3.05) is 6.54 Å². The Hall–Kier alpha value is -0.870. The zero-order chi connectivity index (χ0) is 11.8. The van der Waals surface area contributed by atoms with Gasteiger partial charge < -0.3 is 9.72 Å². The van der Waals surface area contributed by atoms with Gasteiger partial charge in [0.1, 0.15) is 10.4 Å². The molecular formula is C13H16BrN3. The van der Waals surface area contributed by atoms with Crippen LogP contribution in [-0.4, -0.2) is 22.0 Å². The van der Waals surface area contributed by atoms with Crippen molar-refractivity contribution in [3.05, 3.63) is 34.3 Å².